The quantitative estimate of drug-likeness (QED) is 0.404. The number of nitrogens with one attached hydrogen (secondary N) is 2. The molecule has 0 atom stereocenters. The number of aromatic amines is 1. The first-order valence-corrected chi connectivity index (χ1v) is 12.2. The lowest BCUT2D eigenvalue weighted by atomic mass is 9.86. The molecule has 2 heterocycles. The molecule has 0 spiro atoms. The molecule has 1 aliphatic heterocycles. The molecule has 7 heteroatoms. The van der Waals surface area contributed by atoms with Crippen molar-refractivity contribution in [2.45, 2.75) is 39.0 Å². The largest absolute Gasteiger partial charge is 0.482 e. The molecule has 0 fully saturated rings. The number of carbonyl (C=O) groups excluding carboxylic acids is 2. The molecule has 1 aliphatic rings. The lowest BCUT2D eigenvalue weighted by Gasteiger charge is -2.31. The average molecular weight is 483 g/mol. The second kappa shape index (κ2) is 9.49. The number of fused-ring (bicyclic) bond motifs is 2. The molecule has 184 valence electrons. The molecule has 4 aromatic rings. The molecule has 0 aliphatic carbocycles. The second-order valence-corrected chi connectivity index (χ2v) is 10.1. The number of para-hydroxylation sites is 2. The molecule has 1 aromatic heterocycles. The van der Waals surface area contributed by atoms with Crippen LogP contribution in [0.3, 0.4) is 0 Å². The Hall–Kier alpha value is -4.13. The van der Waals surface area contributed by atoms with Gasteiger partial charge in [0.2, 0.25) is 5.91 Å². The third-order valence-corrected chi connectivity index (χ3v) is 6.40. The van der Waals surface area contributed by atoms with Crippen LogP contribution in [0, 0.1) is 0 Å². The van der Waals surface area contributed by atoms with Crippen molar-refractivity contribution in [1.29, 1.82) is 0 Å². The van der Waals surface area contributed by atoms with Crippen LogP contribution < -0.4 is 15.0 Å². The Morgan fingerprint density at radius 1 is 1.06 bits per heavy atom. The fraction of sp³-hybridized carbons (Fsp3) is 0.276. The van der Waals surface area contributed by atoms with E-state index in [4.69, 9.17) is 4.74 Å². The van der Waals surface area contributed by atoms with E-state index in [9.17, 15) is 9.59 Å². The molecule has 0 radical (unpaired) electrons. The van der Waals surface area contributed by atoms with Gasteiger partial charge in [0.25, 0.3) is 5.91 Å². The molecular formula is C29H30N4O3. The summed E-state index contributed by atoms with van der Waals surface area (Å²) in [6, 6.07) is 21.6. The SMILES string of the molecule is CC(C)(C)c1ccc2c(c1)N(CC(=O)Nc1ccc(CCc3nc4ccccc4[nH]3)cc1)C(=O)CO2. The molecule has 3 aromatic carbocycles. The highest BCUT2D eigenvalue weighted by molar-refractivity contribution is 6.05. The summed E-state index contributed by atoms with van der Waals surface area (Å²) in [5.41, 5.74) is 5.48. The van der Waals surface area contributed by atoms with Crippen LogP contribution in [0.1, 0.15) is 37.7 Å². The summed E-state index contributed by atoms with van der Waals surface area (Å²) in [7, 11) is 0. The maximum absolute atomic E-state index is 12.8. The van der Waals surface area contributed by atoms with E-state index in [2.05, 4.69) is 36.1 Å². The summed E-state index contributed by atoms with van der Waals surface area (Å²) in [5.74, 6) is 1.08. The van der Waals surface area contributed by atoms with E-state index >= 15 is 0 Å². The summed E-state index contributed by atoms with van der Waals surface area (Å²) in [6.07, 6.45) is 1.64. The molecule has 0 saturated carbocycles. The Labute approximate surface area is 210 Å². The van der Waals surface area contributed by atoms with Crippen molar-refractivity contribution < 1.29 is 14.3 Å². The van der Waals surface area contributed by atoms with Gasteiger partial charge in [-0.15, -0.1) is 0 Å². The van der Waals surface area contributed by atoms with Gasteiger partial charge in [-0.2, -0.15) is 0 Å². The molecule has 7 nitrogen and oxygen atoms in total. The number of carbonyl (C=O) groups is 2. The van der Waals surface area contributed by atoms with Crippen molar-refractivity contribution in [3.8, 4) is 5.75 Å². The van der Waals surface area contributed by atoms with Crippen molar-refractivity contribution in [3.05, 3.63) is 83.7 Å². The van der Waals surface area contributed by atoms with Gasteiger partial charge in [-0.25, -0.2) is 4.98 Å². The predicted octanol–water partition coefficient (Wildman–Crippen LogP) is 5.01. The highest BCUT2D eigenvalue weighted by atomic mass is 16.5. The number of imidazole rings is 1. The van der Waals surface area contributed by atoms with Crippen LogP contribution >= 0.6 is 0 Å². The lowest BCUT2D eigenvalue weighted by molar-refractivity contribution is -0.123. The van der Waals surface area contributed by atoms with E-state index in [0.717, 1.165) is 40.8 Å². The molecule has 0 unspecified atom stereocenters. The molecule has 2 amide bonds. The van der Waals surface area contributed by atoms with Gasteiger partial charge >= 0.3 is 0 Å². The van der Waals surface area contributed by atoms with E-state index in [1.165, 1.54) is 4.90 Å². The first-order chi connectivity index (χ1) is 17.3. The van der Waals surface area contributed by atoms with Crippen LogP contribution in [0.4, 0.5) is 11.4 Å². The van der Waals surface area contributed by atoms with Crippen LogP contribution in [0.25, 0.3) is 11.0 Å². The van der Waals surface area contributed by atoms with Crippen LogP contribution in [0.2, 0.25) is 0 Å². The Morgan fingerprint density at radius 3 is 2.58 bits per heavy atom. The number of amides is 2. The van der Waals surface area contributed by atoms with Gasteiger partial charge in [0.05, 0.1) is 16.7 Å². The van der Waals surface area contributed by atoms with Crippen molar-refractivity contribution >= 4 is 34.2 Å². The van der Waals surface area contributed by atoms with Gasteiger partial charge in [-0.05, 0) is 59.4 Å². The highest BCUT2D eigenvalue weighted by Crippen LogP contribution is 2.36. The first kappa shape index (κ1) is 23.6. The second-order valence-electron chi connectivity index (χ2n) is 10.1. The van der Waals surface area contributed by atoms with Crippen LogP contribution in [0.5, 0.6) is 5.75 Å². The van der Waals surface area contributed by atoms with Gasteiger partial charge in [0, 0.05) is 12.1 Å². The number of hydrogen-bond acceptors (Lipinski definition) is 4. The number of rotatable bonds is 6. The molecule has 0 bridgehead atoms. The number of nitrogens with zero attached hydrogens (tertiary/aromatic N) is 2. The van der Waals surface area contributed by atoms with E-state index in [1.807, 2.05) is 66.7 Å². The summed E-state index contributed by atoms with van der Waals surface area (Å²) in [5, 5.41) is 2.91. The zero-order valence-electron chi connectivity index (χ0n) is 20.8. The maximum Gasteiger partial charge on any atom is 0.265 e. The summed E-state index contributed by atoms with van der Waals surface area (Å²) < 4.78 is 5.59. The smallest absolute Gasteiger partial charge is 0.265 e. The number of anilines is 2. The van der Waals surface area contributed by atoms with Gasteiger partial charge < -0.3 is 15.0 Å². The topological polar surface area (TPSA) is 87.3 Å². The number of hydrogen-bond donors (Lipinski definition) is 2. The lowest BCUT2D eigenvalue weighted by Crippen LogP contribution is -2.43. The minimum Gasteiger partial charge on any atom is -0.482 e. The van der Waals surface area contributed by atoms with E-state index in [0.29, 0.717) is 17.1 Å². The Kier molecular flexibility index (Phi) is 6.22. The number of ether oxygens (including phenoxy) is 1. The van der Waals surface area contributed by atoms with Gasteiger partial charge in [-0.1, -0.05) is 51.1 Å². The van der Waals surface area contributed by atoms with Crippen LogP contribution in [-0.4, -0.2) is 34.9 Å². The zero-order valence-corrected chi connectivity index (χ0v) is 20.8. The number of aromatic nitrogens is 2. The van der Waals surface area contributed by atoms with E-state index in [-0.39, 0.29) is 30.4 Å². The van der Waals surface area contributed by atoms with Gasteiger partial charge in [0.1, 0.15) is 18.1 Å². The van der Waals surface area contributed by atoms with Crippen LogP contribution in [-0.2, 0) is 27.8 Å². The number of aryl methyl sites for hydroxylation is 2. The van der Waals surface area contributed by atoms with Crippen molar-refractivity contribution in [3.63, 3.8) is 0 Å². The fourth-order valence-corrected chi connectivity index (χ4v) is 4.33. The molecule has 2 N–H and O–H groups in total. The standard InChI is InChI=1S/C29H30N4O3/c1-29(2,3)20-11-14-25-24(16-20)33(28(35)18-36-25)17-27(34)30-21-12-8-19(9-13-21)10-15-26-31-22-6-4-5-7-23(22)32-26/h4-9,11-14,16H,10,15,17-18H2,1-3H3,(H,30,34)(H,31,32). The highest BCUT2D eigenvalue weighted by Gasteiger charge is 2.29. The third kappa shape index (κ3) is 5.10. The third-order valence-electron chi connectivity index (χ3n) is 6.40. The Balaban J connectivity index is 1.21. The summed E-state index contributed by atoms with van der Waals surface area (Å²) in [4.78, 5) is 34.9. The van der Waals surface area contributed by atoms with E-state index < -0.39 is 0 Å². The van der Waals surface area contributed by atoms with Crippen molar-refractivity contribution in [2.75, 3.05) is 23.4 Å². The summed E-state index contributed by atoms with van der Waals surface area (Å²) >= 11 is 0. The van der Waals surface area contributed by atoms with E-state index in [1.54, 1.807) is 0 Å². The number of H-pyrrole nitrogens is 1. The Bertz CT molecular complexity index is 1380. The first-order valence-electron chi connectivity index (χ1n) is 12.2. The summed E-state index contributed by atoms with van der Waals surface area (Å²) in [6.45, 7) is 6.18. The predicted molar refractivity (Wildman–Crippen MR) is 142 cm³/mol. The fourth-order valence-electron chi connectivity index (χ4n) is 4.33. The Morgan fingerprint density at radius 2 is 1.83 bits per heavy atom. The number of benzene rings is 3. The maximum atomic E-state index is 12.8. The van der Waals surface area contributed by atoms with Gasteiger partial charge in [0.15, 0.2) is 6.61 Å². The zero-order chi connectivity index (χ0) is 25.3. The molecule has 36 heavy (non-hydrogen) atoms. The molecule has 5 rings (SSSR count). The minimum absolute atomic E-state index is 0.0728. The van der Waals surface area contributed by atoms with Gasteiger partial charge in [-0.3, -0.25) is 14.5 Å². The molecular weight excluding hydrogens is 452 g/mol. The minimum atomic E-state index is -0.257. The van der Waals surface area contributed by atoms with Crippen LogP contribution in [0.15, 0.2) is 66.7 Å². The normalized spacial score (nSPS) is 13.4. The monoisotopic (exact) mass is 482 g/mol. The van der Waals surface area contributed by atoms with Crippen molar-refractivity contribution in [1.82, 2.24) is 9.97 Å². The van der Waals surface area contributed by atoms with Crippen molar-refractivity contribution in [2.24, 2.45) is 0 Å². The average Bonchev–Trinajstić information content (AvgIpc) is 3.27. The molecule has 0 saturated heterocycles.